The van der Waals surface area contributed by atoms with Crippen LogP contribution < -0.4 is 14.8 Å². The number of hydrogen-bond acceptors (Lipinski definition) is 5. The van der Waals surface area contributed by atoms with Crippen LogP contribution in [0.3, 0.4) is 0 Å². The van der Waals surface area contributed by atoms with Crippen molar-refractivity contribution in [3.05, 3.63) is 35.5 Å². The van der Waals surface area contributed by atoms with Crippen LogP contribution in [0.5, 0.6) is 11.5 Å². The maximum absolute atomic E-state index is 11.9. The summed E-state index contributed by atoms with van der Waals surface area (Å²) in [7, 11) is 2.99. The van der Waals surface area contributed by atoms with Crippen LogP contribution >= 0.6 is 11.6 Å². The van der Waals surface area contributed by atoms with Crippen molar-refractivity contribution >= 4 is 23.2 Å². The number of anilines is 1. The fourth-order valence-corrected chi connectivity index (χ4v) is 1.87. The number of methoxy groups -OCH3 is 2. The molecule has 20 heavy (non-hydrogen) atoms. The van der Waals surface area contributed by atoms with Crippen LogP contribution in [0, 0.1) is 0 Å². The summed E-state index contributed by atoms with van der Waals surface area (Å²) in [6, 6.07) is 3.17. The van der Waals surface area contributed by atoms with Crippen molar-refractivity contribution in [2.24, 2.45) is 0 Å². The smallest absolute Gasteiger partial charge is 0.230 e. The molecular formula is C13H13ClN2O4. The SMILES string of the molecule is COc1cc(NC(=O)Cc2cocn2)c(OC)cc1Cl. The first-order valence-corrected chi connectivity index (χ1v) is 6.10. The topological polar surface area (TPSA) is 73.6 Å². The molecule has 6 nitrogen and oxygen atoms in total. The molecule has 0 aliphatic carbocycles. The van der Waals surface area contributed by atoms with Crippen molar-refractivity contribution in [2.75, 3.05) is 19.5 Å². The summed E-state index contributed by atoms with van der Waals surface area (Å²) in [6.07, 6.45) is 2.79. The normalized spacial score (nSPS) is 10.2. The number of hydrogen-bond donors (Lipinski definition) is 1. The summed E-state index contributed by atoms with van der Waals surface area (Å²) in [5, 5.41) is 3.12. The lowest BCUT2D eigenvalue weighted by atomic mass is 10.2. The summed E-state index contributed by atoms with van der Waals surface area (Å²) in [4.78, 5) is 15.8. The van der Waals surface area contributed by atoms with E-state index in [1.54, 1.807) is 12.1 Å². The zero-order valence-corrected chi connectivity index (χ0v) is 11.7. The van der Waals surface area contributed by atoms with E-state index < -0.39 is 0 Å². The lowest BCUT2D eigenvalue weighted by molar-refractivity contribution is -0.115. The molecule has 1 amide bonds. The van der Waals surface area contributed by atoms with Gasteiger partial charge in [0.05, 0.1) is 37.0 Å². The van der Waals surface area contributed by atoms with E-state index in [2.05, 4.69) is 10.3 Å². The van der Waals surface area contributed by atoms with Crippen molar-refractivity contribution in [3.8, 4) is 11.5 Å². The highest BCUT2D eigenvalue weighted by molar-refractivity contribution is 6.32. The molecule has 2 rings (SSSR count). The predicted molar refractivity (Wildman–Crippen MR) is 73.4 cm³/mol. The van der Waals surface area contributed by atoms with Gasteiger partial charge in [-0.2, -0.15) is 0 Å². The fourth-order valence-electron chi connectivity index (χ4n) is 1.64. The second kappa shape index (κ2) is 6.29. The van der Waals surface area contributed by atoms with E-state index in [9.17, 15) is 4.79 Å². The molecule has 0 radical (unpaired) electrons. The van der Waals surface area contributed by atoms with Gasteiger partial charge in [-0.05, 0) is 0 Å². The number of carbonyl (C=O) groups is 1. The molecule has 1 N–H and O–H groups in total. The molecule has 1 aromatic carbocycles. The molecular weight excluding hydrogens is 284 g/mol. The molecule has 2 aromatic rings. The van der Waals surface area contributed by atoms with E-state index in [-0.39, 0.29) is 12.3 Å². The third kappa shape index (κ3) is 3.21. The highest BCUT2D eigenvalue weighted by Gasteiger charge is 2.13. The number of amides is 1. The summed E-state index contributed by atoms with van der Waals surface area (Å²) in [6.45, 7) is 0. The zero-order valence-electron chi connectivity index (χ0n) is 11.0. The van der Waals surface area contributed by atoms with Crippen molar-refractivity contribution < 1.29 is 18.7 Å². The quantitative estimate of drug-likeness (QED) is 0.918. The molecule has 0 atom stereocenters. The number of ether oxygens (including phenoxy) is 2. The minimum Gasteiger partial charge on any atom is -0.495 e. The van der Waals surface area contributed by atoms with E-state index in [1.807, 2.05) is 0 Å². The van der Waals surface area contributed by atoms with E-state index in [0.29, 0.717) is 27.9 Å². The summed E-state index contributed by atoms with van der Waals surface area (Å²) in [5.74, 6) is 0.648. The molecule has 0 unspecified atom stereocenters. The molecule has 0 aliphatic rings. The molecule has 0 spiro atoms. The minimum atomic E-state index is -0.249. The van der Waals surface area contributed by atoms with Gasteiger partial charge in [0.15, 0.2) is 6.39 Å². The number of carbonyl (C=O) groups excluding carboxylic acids is 1. The van der Waals surface area contributed by atoms with Crippen molar-refractivity contribution in [3.63, 3.8) is 0 Å². The standard InChI is InChI=1S/C13H13ClN2O4/c1-18-11-5-10(12(19-2)4-9(11)14)16-13(17)3-8-6-20-7-15-8/h4-7H,3H2,1-2H3,(H,16,17). The van der Waals surface area contributed by atoms with Crippen LogP contribution in [0.4, 0.5) is 5.69 Å². The molecule has 106 valence electrons. The monoisotopic (exact) mass is 296 g/mol. The third-order valence-corrected chi connectivity index (χ3v) is 2.87. The fraction of sp³-hybridized carbons (Fsp3) is 0.231. The number of benzene rings is 1. The van der Waals surface area contributed by atoms with Crippen LogP contribution in [0.25, 0.3) is 0 Å². The predicted octanol–water partition coefficient (Wildman–Crippen LogP) is 2.53. The van der Waals surface area contributed by atoms with E-state index in [1.165, 1.54) is 26.9 Å². The third-order valence-electron chi connectivity index (χ3n) is 2.57. The van der Waals surface area contributed by atoms with Crippen molar-refractivity contribution in [1.82, 2.24) is 4.98 Å². The Morgan fingerprint density at radius 2 is 2.10 bits per heavy atom. The Morgan fingerprint density at radius 1 is 1.35 bits per heavy atom. The molecule has 0 bridgehead atoms. The molecule has 7 heteroatoms. The lowest BCUT2D eigenvalue weighted by Crippen LogP contribution is -2.15. The summed E-state index contributed by atoms with van der Waals surface area (Å²) < 4.78 is 15.1. The Kier molecular flexibility index (Phi) is 4.47. The van der Waals surface area contributed by atoms with E-state index in [4.69, 9.17) is 25.5 Å². The highest BCUT2D eigenvalue weighted by atomic mass is 35.5. The Morgan fingerprint density at radius 3 is 2.70 bits per heavy atom. The Balaban J connectivity index is 2.17. The van der Waals surface area contributed by atoms with Crippen molar-refractivity contribution in [2.45, 2.75) is 6.42 Å². The van der Waals surface area contributed by atoms with Gasteiger partial charge >= 0.3 is 0 Å². The van der Waals surface area contributed by atoms with Crippen molar-refractivity contribution in [1.29, 1.82) is 0 Å². The first-order chi connectivity index (χ1) is 9.63. The van der Waals surface area contributed by atoms with Gasteiger partial charge in [0.25, 0.3) is 0 Å². The zero-order chi connectivity index (χ0) is 14.5. The molecule has 1 heterocycles. The largest absolute Gasteiger partial charge is 0.495 e. The number of nitrogens with zero attached hydrogens (tertiary/aromatic N) is 1. The maximum Gasteiger partial charge on any atom is 0.230 e. The molecule has 0 saturated heterocycles. The molecule has 0 saturated carbocycles. The van der Waals surface area contributed by atoms with Crippen LogP contribution in [-0.4, -0.2) is 25.1 Å². The van der Waals surface area contributed by atoms with Crippen LogP contribution in [0.15, 0.2) is 29.2 Å². The first kappa shape index (κ1) is 14.2. The number of rotatable bonds is 5. The average molecular weight is 297 g/mol. The highest BCUT2D eigenvalue weighted by Crippen LogP contribution is 2.35. The van der Waals surface area contributed by atoms with Gasteiger partial charge < -0.3 is 19.2 Å². The van der Waals surface area contributed by atoms with Crippen LogP contribution in [0.1, 0.15) is 5.69 Å². The number of nitrogens with one attached hydrogen (secondary N) is 1. The van der Waals surface area contributed by atoms with Gasteiger partial charge in [-0.25, -0.2) is 4.98 Å². The van der Waals surface area contributed by atoms with Gasteiger partial charge in [-0.3, -0.25) is 4.79 Å². The van der Waals surface area contributed by atoms with Crippen LogP contribution in [-0.2, 0) is 11.2 Å². The van der Waals surface area contributed by atoms with E-state index in [0.717, 1.165) is 0 Å². The molecule has 0 fully saturated rings. The average Bonchev–Trinajstić information content (AvgIpc) is 2.92. The maximum atomic E-state index is 11.9. The number of halogens is 1. The van der Waals surface area contributed by atoms with Gasteiger partial charge in [0.2, 0.25) is 5.91 Å². The lowest BCUT2D eigenvalue weighted by Gasteiger charge is -2.12. The minimum absolute atomic E-state index is 0.102. The van der Waals surface area contributed by atoms with Gasteiger partial charge in [-0.1, -0.05) is 11.6 Å². The molecule has 0 aliphatic heterocycles. The van der Waals surface area contributed by atoms with E-state index >= 15 is 0 Å². The van der Waals surface area contributed by atoms with Gasteiger partial charge in [-0.15, -0.1) is 0 Å². The first-order valence-electron chi connectivity index (χ1n) is 5.72. The number of oxazole rings is 1. The number of aromatic nitrogens is 1. The second-order valence-electron chi connectivity index (χ2n) is 3.89. The molecule has 1 aromatic heterocycles. The van der Waals surface area contributed by atoms with Gasteiger partial charge in [0, 0.05) is 12.1 Å². The van der Waals surface area contributed by atoms with Crippen LogP contribution in [0.2, 0.25) is 5.02 Å². The summed E-state index contributed by atoms with van der Waals surface area (Å²) in [5.41, 5.74) is 1.02. The van der Waals surface area contributed by atoms with Gasteiger partial charge in [0.1, 0.15) is 17.8 Å². The Labute approximate surface area is 120 Å². The Hall–Kier alpha value is -2.21. The Bertz CT molecular complexity index is 599. The summed E-state index contributed by atoms with van der Waals surface area (Å²) >= 11 is 5.99. The second-order valence-corrected chi connectivity index (χ2v) is 4.30.